The summed E-state index contributed by atoms with van der Waals surface area (Å²) in [4.78, 5) is 12.8. The fourth-order valence-corrected chi connectivity index (χ4v) is 3.44. The van der Waals surface area contributed by atoms with Crippen molar-refractivity contribution in [2.75, 3.05) is 18.5 Å². The number of aryl methyl sites for hydroxylation is 1. The minimum absolute atomic E-state index is 0.120. The van der Waals surface area contributed by atoms with Gasteiger partial charge in [-0.05, 0) is 67.3 Å². The van der Waals surface area contributed by atoms with Gasteiger partial charge < -0.3 is 19.5 Å². The normalized spacial score (nSPS) is 15.5. The van der Waals surface area contributed by atoms with E-state index in [1.807, 2.05) is 67.6 Å². The highest BCUT2D eigenvalue weighted by Crippen LogP contribution is 2.27. The predicted octanol–water partition coefficient (Wildman–Crippen LogP) is 5.38. The third-order valence-corrected chi connectivity index (χ3v) is 5.20. The molecule has 0 saturated carbocycles. The minimum Gasteiger partial charge on any atom is -0.489 e. The van der Waals surface area contributed by atoms with Crippen LogP contribution in [0.15, 0.2) is 72.8 Å². The van der Waals surface area contributed by atoms with Crippen molar-refractivity contribution >= 4 is 11.6 Å². The molecule has 1 fully saturated rings. The van der Waals surface area contributed by atoms with Gasteiger partial charge in [-0.3, -0.25) is 4.79 Å². The zero-order chi connectivity index (χ0) is 21.5. The highest BCUT2D eigenvalue weighted by molar-refractivity contribution is 6.05. The molecular formula is C26H27NO4. The lowest BCUT2D eigenvalue weighted by atomic mass is 10.1. The molecule has 5 heteroatoms. The van der Waals surface area contributed by atoms with Gasteiger partial charge in [0.15, 0.2) is 0 Å². The summed E-state index contributed by atoms with van der Waals surface area (Å²) in [5, 5.41) is 2.97. The van der Waals surface area contributed by atoms with Crippen molar-refractivity contribution in [3.63, 3.8) is 0 Å². The smallest absolute Gasteiger partial charge is 0.255 e. The molecule has 31 heavy (non-hydrogen) atoms. The summed E-state index contributed by atoms with van der Waals surface area (Å²) < 4.78 is 17.4. The SMILES string of the molecule is Cc1ccc(NC(=O)c2ccc(COc3ccccc3)cc2)c(OCC2CCCO2)c1. The summed E-state index contributed by atoms with van der Waals surface area (Å²) in [5.41, 5.74) is 3.30. The van der Waals surface area contributed by atoms with E-state index in [9.17, 15) is 4.79 Å². The molecule has 0 aromatic heterocycles. The van der Waals surface area contributed by atoms with E-state index in [0.717, 1.165) is 36.3 Å². The average Bonchev–Trinajstić information content (AvgIpc) is 3.32. The van der Waals surface area contributed by atoms with E-state index in [1.54, 1.807) is 12.1 Å². The van der Waals surface area contributed by atoms with Crippen molar-refractivity contribution in [2.45, 2.75) is 32.5 Å². The second kappa shape index (κ2) is 10.1. The zero-order valence-corrected chi connectivity index (χ0v) is 17.7. The van der Waals surface area contributed by atoms with E-state index in [1.165, 1.54) is 0 Å². The summed E-state index contributed by atoms with van der Waals surface area (Å²) >= 11 is 0. The molecule has 1 aliphatic rings. The molecule has 5 nitrogen and oxygen atoms in total. The molecule has 0 aliphatic carbocycles. The zero-order valence-electron chi connectivity index (χ0n) is 17.7. The van der Waals surface area contributed by atoms with Gasteiger partial charge in [-0.15, -0.1) is 0 Å². The Labute approximate surface area is 183 Å². The molecule has 4 rings (SSSR count). The van der Waals surface area contributed by atoms with Crippen LogP contribution < -0.4 is 14.8 Å². The summed E-state index contributed by atoms with van der Waals surface area (Å²) in [7, 11) is 0. The lowest BCUT2D eigenvalue weighted by Gasteiger charge is -2.16. The van der Waals surface area contributed by atoms with Gasteiger partial charge in [0.2, 0.25) is 0 Å². The number of anilines is 1. The van der Waals surface area contributed by atoms with Gasteiger partial charge in [0.05, 0.1) is 11.8 Å². The molecule has 3 aromatic carbocycles. The summed E-state index contributed by atoms with van der Waals surface area (Å²) in [6, 6.07) is 22.9. The molecule has 1 amide bonds. The third-order valence-electron chi connectivity index (χ3n) is 5.20. The Morgan fingerprint density at radius 2 is 1.84 bits per heavy atom. The van der Waals surface area contributed by atoms with Gasteiger partial charge in [0.1, 0.15) is 24.7 Å². The van der Waals surface area contributed by atoms with Gasteiger partial charge in [-0.25, -0.2) is 0 Å². The largest absolute Gasteiger partial charge is 0.489 e. The number of rotatable bonds is 8. The highest BCUT2D eigenvalue weighted by Gasteiger charge is 2.17. The molecule has 0 radical (unpaired) electrons. The molecule has 1 N–H and O–H groups in total. The average molecular weight is 418 g/mol. The standard InChI is InChI=1S/C26H27NO4/c1-19-9-14-24(25(16-19)31-18-23-8-5-15-29-23)27-26(28)21-12-10-20(11-13-21)17-30-22-6-3-2-4-7-22/h2-4,6-7,9-14,16,23H,5,8,15,17-18H2,1H3,(H,27,28). The molecule has 160 valence electrons. The van der Waals surface area contributed by atoms with Gasteiger partial charge in [0.25, 0.3) is 5.91 Å². The van der Waals surface area contributed by atoms with E-state index in [-0.39, 0.29) is 12.0 Å². The monoisotopic (exact) mass is 417 g/mol. The topological polar surface area (TPSA) is 56.8 Å². The van der Waals surface area contributed by atoms with Crippen LogP contribution in [0.25, 0.3) is 0 Å². The number of hydrogen-bond acceptors (Lipinski definition) is 4. The van der Waals surface area contributed by atoms with Crippen molar-refractivity contribution < 1.29 is 19.0 Å². The molecule has 0 spiro atoms. The number of nitrogens with one attached hydrogen (secondary N) is 1. The maximum atomic E-state index is 12.8. The maximum Gasteiger partial charge on any atom is 0.255 e. The van der Waals surface area contributed by atoms with Crippen LogP contribution >= 0.6 is 0 Å². The van der Waals surface area contributed by atoms with Crippen LogP contribution in [-0.2, 0) is 11.3 Å². The summed E-state index contributed by atoms with van der Waals surface area (Å²) in [6.07, 6.45) is 2.20. The second-order valence-corrected chi connectivity index (χ2v) is 7.70. The van der Waals surface area contributed by atoms with Crippen molar-refractivity contribution in [3.8, 4) is 11.5 Å². The Morgan fingerprint density at radius 3 is 2.58 bits per heavy atom. The quantitative estimate of drug-likeness (QED) is 0.534. The number of para-hydroxylation sites is 1. The number of carbonyl (C=O) groups excluding carboxylic acids is 1. The van der Waals surface area contributed by atoms with E-state index >= 15 is 0 Å². The first-order valence-electron chi connectivity index (χ1n) is 10.6. The first-order chi connectivity index (χ1) is 15.2. The van der Waals surface area contributed by atoms with Crippen LogP contribution in [0.1, 0.15) is 34.3 Å². The molecule has 1 saturated heterocycles. The molecule has 3 aromatic rings. The van der Waals surface area contributed by atoms with E-state index < -0.39 is 0 Å². The Hall–Kier alpha value is -3.31. The lowest BCUT2D eigenvalue weighted by Crippen LogP contribution is -2.18. The fourth-order valence-electron chi connectivity index (χ4n) is 3.44. The van der Waals surface area contributed by atoms with Crippen LogP contribution in [0.3, 0.4) is 0 Å². The number of hydrogen-bond donors (Lipinski definition) is 1. The van der Waals surface area contributed by atoms with Crippen LogP contribution in [-0.4, -0.2) is 25.2 Å². The molecule has 0 bridgehead atoms. The Bertz CT molecular complexity index is 996. The summed E-state index contributed by atoms with van der Waals surface area (Å²) in [6.45, 7) is 3.73. The van der Waals surface area contributed by atoms with E-state index in [4.69, 9.17) is 14.2 Å². The van der Waals surface area contributed by atoms with Crippen LogP contribution in [0.4, 0.5) is 5.69 Å². The molecule has 1 heterocycles. The maximum absolute atomic E-state index is 12.8. The van der Waals surface area contributed by atoms with Gasteiger partial charge in [-0.2, -0.15) is 0 Å². The molecular weight excluding hydrogens is 390 g/mol. The summed E-state index contributed by atoms with van der Waals surface area (Å²) in [5.74, 6) is 1.30. The third kappa shape index (κ3) is 5.86. The number of carbonyl (C=O) groups is 1. The van der Waals surface area contributed by atoms with E-state index in [2.05, 4.69) is 5.32 Å². The lowest BCUT2D eigenvalue weighted by molar-refractivity contribution is 0.0681. The highest BCUT2D eigenvalue weighted by atomic mass is 16.5. The molecule has 1 atom stereocenters. The number of benzene rings is 3. The van der Waals surface area contributed by atoms with Crippen molar-refractivity contribution in [3.05, 3.63) is 89.5 Å². The van der Waals surface area contributed by atoms with Crippen molar-refractivity contribution in [1.29, 1.82) is 0 Å². The first-order valence-corrected chi connectivity index (χ1v) is 10.6. The van der Waals surface area contributed by atoms with Gasteiger partial charge >= 0.3 is 0 Å². The first kappa shape index (κ1) is 20.9. The minimum atomic E-state index is -0.179. The van der Waals surface area contributed by atoms with E-state index in [0.29, 0.717) is 30.2 Å². The van der Waals surface area contributed by atoms with Crippen LogP contribution in [0.5, 0.6) is 11.5 Å². The Morgan fingerprint density at radius 1 is 1.03 bits per heavy atom. The fraction of sp³-hybridized carbons (Fsp3) is 0.269. The Kier molecular flexibility index (Phi) is 6.85. The van der Waals surface area contributed by atoms with Gasteiger partial charge in [0, 0.05) is 12.2 Å². The molecule has 1 unspecified atom stereocenters. The second-order valence-electron chi connectivity index (χ2n) is 7.70. The number of amides is 1. The van der Waals surface area contributed by atoms with Crippen LogP contribution in [0, 0.1) is 6.92 Å². The Balaban J connectivity index is 1.37. The molecule has 1 aliphatic heterocycles. The number of ether oxygens (including phenoxy) is 3. The predicted molar refractivity (Wildman–Crippen MR) is 121 cm³/mol. The van der Waals surface area contributed by atoms with Crippen LogP contribution in [0.2, 0.25) is 0 Å². The van der Waals surface area contributed by atoms with Crippen molar-refractivity contribution in [1.82, 2.24) is 0 Å². The van der Waals surface area contributed by atoms with Gasteiger partial charge in [-0.1, -0.05) is 36.4 Å². The van der Waals surface area contributed by atoms with Crippen molar-refractivity contribution in [2.24, 2.45) is 0 Å².